The number of nitrogens with one attached hydrogen (secondary N) is 2. The maximum Gasteiger partial charge on any atom is 0.271 e. The van der Waals surface area contributed by atoms with Gasteiger partial charge in [0.05, 0.1) is 11.2 Å². The van der Waals surface area contributed by atoms with Crippen molar-refractivity contribution in [2.45, 2.75) is 6.92 Å². The molecule has 3 aromatic rings. The molecule has 3 N–H and O–H groups in total. The fourth-order valence-corrected chi connectivity index (χ4v) is 3.15. The van der Waals surface area contributed by atoms with Crippen molar-refractivity contribution in [1.29, 1.82) is 0 Å². The molecule has 0 aliphatic heterocycles. The molecule has 152 valence electrons. The summed E-state index contributed by atoms with van der Waals surface area (Å²) in [5.74, 6) is -0.877. The van der Waals surface area contributed by atoms with Gasteiger partial charge in [0, 0.05) is 27.4 Å². The third-order valence-electron chi connectivity index (χ3n) is 4.22. The van der Waals surface area contributed by atoms with Crippen LogP contribution in [0.25, 0.3) is 0 Å². The number of halogens is 2. The summed E-state index contributed by atoms with van der Waals surface area (Å²) in [4.78, 5) is 24.6. The van der Waals surface area contributed by atoms with E-state index < -0.39 is 5.91 Å². The third-order valence-corrected chi connectivity index (χ3v) is 4.73. The predicted molar refractivity (Wildman–Crippen MR) is 119 cm³/mol. The molecule has 0 aromatic heterocycles. The van der Waals surface area contributed by atoms with Crippen LogP contribution in [0.2, 0.25) is 10.0 Å². The number of phenolic OH excluding ortho intramolecular Hbond substituents is 1. The van der Waals surface area contributed by atoms with Crippen molar-refractivity contribution in [3.63, 3.8) is 0 Å². The molecule has 0 fully saturated rings. The molecule has 2 amide bonds. The van der Waals surface area contributed by atoms with Crippen LogP contribution < -0.4 is 10.7 Å². The summed E-state index contributed by atoms with van der Waals surface area (Å²) in [6.07, 6.45) is 1.24. The van der Waals surface area contributed by atoms with Crippen LogP contribution in [0.5, 0.6) is 5.75 Å². The predicted octanol–water partition coefficient (Wildman–Crippen LogP) is 5.02. The number of nitrogens with zero attached hydrogens (tertiary/aromatic N) is 1. The minimum Gasteiger partial charge on any atom is -0.506 e. The lowest BCUT2D eigenvalue weighted by molar-refractivity contribution is 0.0954. The van der Waals surface area contributed by atoms with E-state index in [1.54, 1.807) is 36.4 Å². The lowest BCUT2D eigenvalue weighted by atomic mass is 10.1. The Labute approximate surface area is 183 Å². The van der Waals surface area contributed by atoms with Crippen molar-refractivity contribution in [3.05, 3.63) is 93.0 Å². The summed E-state index contributed by atoms with van der Waals surface area (Å²) in [7, 11) is 0. The number of aryl methyl sites for hydroxylation is 1. The molecule has 0 spiro atoms. The highest BCUT2D eigenvalue weighted by Gasteiger charge is 2.10. The van der Waals surface area contributed by atoms with E-state index in [1.165, 1.54) is 18.3 Å². The molecule has 0 aliphatic rings. The van der Waals surface area contributed by atoms with E-state index in [0.29, 0.717) is 21.8 Å². The van der Waals surface area contributed by atoms with Crippen molar-refractivity contribution in [3.8, 4) is 5.75 Å². The Bertz CT molecular complexity index is 1130. The van der Waals surface area contributed by atoms with Gasteiger partial charge in [-0.1, -0.05) is 41.4 Å². The minimum atomic E-state index is -0.462. The molecule has 6 nitrogen and oxygen atoms in total. The number of amides is 2. The van der Waals surface area contributed by atoms with Crippen LogP contribution in [0.4, 0.5) is 5.69 Å². The number of anilines is 1. The van der Waals surface area contributed by atoms with Gasteiger partial charge in [-0.05, 0) is 55.0 Å². The molecule has 0 saturated heterocycles. The molecule has 3 aromatic carbocycles. The van der Waals surface area contributed by atoms with E-state index in [0.717, 1.165) is 5.56 Å². The number of hydrazone groups is 1. The first-order valence-electron chi connectivity index (χ1n) is 8.83. The number of carbonyl (C=O) groups excluding carboxylic acids is 2. The number of rotatable bonds is 5. The average Bonchev–Trinajstić information content (AvgIpc) is 2.72. The van der Waals surface area contributed by atoms with Crippen molar-refractivity contribution in [1.82, 2.24) is 5.43 Å². The molecule has 0 bridgehead atoms. The summed E-state index contributed by atoms with van der Waals surface area (Å²) >= 11 is 11.7. The Morgan fingerprint density at radius 1 is 1.00 bits per heavy atom. The second kappa shape index (κ2) is 9.43. The van der Waals surface area contributed by atoms with E-state index in [-0.39, 0.29) is 22.2 Å². The topological polar surface area (TPSA) is 90.8 Å². The molecular formula is C22H17Cl2N3O3. The summed E-state index contributed by atoms with van der Waals surface area (Å²) < 4.78 is 0. The standard InChI is InChI=1S/C22H17Cl2N3O3/c1-13-4-2-3-5-18(13)22(30)26-17-8-6-14(7-9-17)21(29)27-25-12-15-10-16(23)11-19(24)20(15)28/h2-12,28H,1H3,(H,26,30)(H,27,29)/b25-12+. The first-order chi connectivity index (χ1) is 14.3. The largest absolute Gasteiger partial charge is 0.506 e. The van der Waals surface area contributed by atoms with Crippen molar-refractivity contribution >= 4 is 46.9 Å². The zero-order valence-corrected chi connectivity index (χ0v) is 17.3. The minimum absolute atomic E-state index is 0.0820. The van der Waals surface area contributed by atoms with Gasteiger partial charge in [0.2, 0.25) is 0 Å². The lowest BCUT2D eigenvalue weighted by Gasteiger charge is -2.08. The second-order valence-electron chi connectivity index (χ2n) is 6.37. The SMILES string of the molecule is Cc1ccccc1C(=O)Nc1ccc(C(=O)N/N=C/c2cc(Cl)cc(Cl)c2O)cc1. The fourth-order valence-electron chi connectivity index (χ4n) is 2.64. The molecule has 8 heteroatoms. The molecule has 0 radical (unpaired) electrons. The Hall–Kier alpha value is -3.35. The van der Waals surface area contributed by atoms with E-state index in [2.05, 4.69) is 15.8 Å². The van der Waals surface area contributed by atoms with Gasteiger partial charge in [-0.15, -0.1) is 0 Å². The van der Waals surface area contributed by atoms with Crippen LogP contribution in [0.3, 0.4) is 0 Å². The van der Waals surface area contributed by atoms with Gasteiger partial charge in [0.15, 0.2) is 0 Å². The van der Waals surface area contributed by atoms with Gasteiger partial charge in [-0.25, -0.2) is 5.43 Å². The Kier molecular flexibility index (Phi) is 6.72. The van der Waals surface area contributed by atoms with Crippen LogP contribution in [0.15, 0.2) is 65.8 Å². The number of hydrogen-bond acceptors (Lipinski definition) is 4. The maximum absolute atomic E-state index is 12.4. The lowest BCUT2D eigenvalue weighted by Crippen LogP contribution is -2.18. The van der Waals surface area contributed by atoms with E-state index >= 15 is 0 Å². The highest BCUT2D eigenvalue weighted by Crippen LogP contribution is 2.29. The van der Waals surface area contributed by atoms with E-state index in [4.69, 9.17) is 23.2 Å². The van der Waals surface area contributed by atoms with Crippen LogP contribution in [-0.4, -0.2) is 23.1 Å². The van der Waals surface area contributed by atoms with Gasteiger partial charge in [0.25, 0.3) is 11.8 Å². The maximum atomic E-state index is 12.4. The Balaban J connectivity index is 1.63. The van der Waals surface area contributed by atoms with Crippen LogP contribution in [0.1, 0.15) is 31.8 Å². The third kappa shape index (κ3) is 5.17. The van der Waals surface area contributed by atoms with Crippen molar-refractivity contribution in [2.24, 2.45) is 5.10 Å². The zero-order valence-electron chi connectivity index (χ0n) is 15.8. The summed E-state index contributed by atoms with van der Waals surface area (Å²) in [5, 5.41) is 16.9. The quantitative estimate of drug-likeness (QED) is 0.383. The zero-order chi connectivity index (χ0) is 21.7. The fraction of sp³-hybridized carbons (Fsp3) is 0.0455. The summed E-state index contributed by atoms with van der Waals surface area (Å²) in [6, 6.07) is 16.5. The Morgan fingerprint density at radius 2 is 1.70 bits per heavy atom. The highest BCUT2D eigenvalue weighted by molar-refractivity contribution is 6.36. The monoisotopic (exact) mass is 441 g/mol. The number of aromatic hydroxyl groups is 1. The van der Waals surface area contributed by atoms with E-state index in [9.17, 15) is 14.7 Å². The molecule has 3 rings (SSSR count). The highest BCUT2D eigenvalue weighted by atomic mass is 35.5. The van der Waals surface area contributed by atoms with Crippen LogP contribution in [-0.2, 0) is 0 Å². The van der Waals surface area contributed by atoms with E-state index in [1.807, 2.05) is 19.1 Å². The Morgan fingerprint density at radius 3 is 2.40 bits per heavy atom. The number of benzene rings is 3. The van der Waals surface area contributed by atoms with Crippen LogP contribution >= 0.6 is 23.2 Å². The molecule has 0 aliphatic carbocycles. The summed E-state index contributed by atoms with van der Waals surface area (Å²) in [6.45, 7) is 1.86. The average molecular weight is 442 g/mol. The first-order valence-corrected chi connectivity index (χ1v) is 9.59. The van der Waals surface area contributed by atoms with Crippen molar-refractivity contribution < 1.29 is 14.7 Å². The smallest absolute Gasteiger partial charge is 0.271 e. The molecule has 0 atom stereocenters. The number of carbonyl (C=O) groups is 2. The normalized spacial score (nSPS) is 10.8. The molecule has 0 saturated carbocycles. The van der Waals surface area contributed by atoms with Gasteiger partial charge in [0.1, 0.15) is 5.75 Å². The van der Waals surface area contributed by atoms with Crippen molar-refractivity contribution in [2.75, 3.05) is 5.32 Å². The molecular weight excluding hydrogens is 425 g/mol. The molecule has 0 unspecified atom stereocenters. The molecule has 30 heavy (non-hydrogen) atoms. The number of phenols is 1. The second-order valence-corrected chi connectivity index (χ2v) is 7.21. The van der Waals surface area contributed by atoms with Gasteiger partial charge < -0.3 is 10.4 Å². The van der Waals surface area contributed by atoms with Gasteiger partial charge in [-0.2, -0.15) is 5.10 Å². The van der Waals surface area contributed by atoms with Gasteiger partial charge >= 0.3 is 0 Å². The summed E-state index contributed by atoms with van der Waals surface area (Å²) in [5.41, 5.74) is 4.97. The van der Waals surface area contributed by atoms with Gasteiger partial charge in [-0.3, -0.25) is 9.59 Å². The molecule has 0 heterocycles. The van der Waals surface area contributed by atoms with Crippen LogP contribution in [0, 0.1) is 6.92 Å². The number of hydrogen-bond donors (Lipinski definition) is 3. The first kappa shape index (κ1) is 21.4.